The number of carbonyl (C=O) groups is 1. The van der Waals surface area contributed by atoms with Gasteiger partial charge in [0.05, 0.1) is 33.6 Å². The minimum absolute atomic E-state index is 0.138. The van der Waals surface area contributed by atoms with Gasteiger partial charge in [-0.3, -0.25) is 9.52 Å². The van der Waals surface area contributed by atoms with Gasteiger partial charge in [0, 0.05) is 21.5 Å². The molecule has 0 saturated heterocycles. The van der Waals surface area contributed by atoms with Gasteiger partial charge >= 0.3 is 0 Å². The summed E-state index contributed by atoms with van der Waals surface area (Å²) in [5.74, 6) is 0.164. The fourth-order valence-corrected chi connectivity index (χ4v) is 7.17. The summed E-state index contributed by atoms with van der Waals surface area (Å²) in [4.78, 5) is 27.1. The van der Waals surface area contributed by atoms with Crippen molar-refractivity contribution < 1.29 is 17.9 Å². The van der Waals surface area contributed by atoms with Crippen molar-refractivity contribution >= 4 is 55.0 Å². The number of pyridine rings is 1. The van der Waals surface area contributed by atoms with Crippen molar-refractivity contribution in [1.29, 1.82) is 0 Å². The zero-order chi connectivity index (χ0) is 26.0. The summed E-state index contributed by atoms with van der Waals surface area (Å²) in [6.07, 6.45) is 3.86. The van der Waals surface area contributed by atoms with E-state index in [0.717, 1.165) is 41.7 Å². The molecule has 4 aromatic heterocycles. The van der Waals surface area contributed by atoms with Crippen molar-refractivity contribution in [1.82, 2.24) is 20.3 Å². The molecule has 2 N–H and O–H groups in total. The number of benzene rings is 1. The first-order chi connectivity index (χ1) is 17.9. The van der Waals surface area contributed by atoms with Gasteiger partial charge in [-0.25, -0.2) is 23.4 Å². The molecule has 1 aromatic carbocycles. The highest BCUT2D eigenvalue weighted by molar-refractivity contribution is 7.92. The van der Waals surface area contributed by atoms with E-state index in [9.17, 15) is 13.2 Å². The lowest BCUT2D eigenvalue weighted by molar-refractivity contribution is -0.109. The van der Waals surface area contributed by atoms with Crippen LogP contribution in [0, 0.1) is 6.92 Å². The Morgan fingerprint density at radius 2 is 1.86 bits per heavy atom. The van der Waals surface area contributed by atoms with Crippen LogP contribution in [-0.2, 0) is 21.4 Å². The molecule has 0 saturated carbocycles. The van der Waals surface area contributed by atoms with Gasteiger partial charge in [-0.15, -0.1) is 22.7 Å². The Morgan fingerprint density at radius 3 is 2.62 bits per heavy atom. The molecule has 37 heavy (non-hydrogen) atoms. The maximum absolute atomic E-state index is 13.0. The lowest BCUT2D eigenvalue weighted by atomic mass is 10.1. The van der Waals surface area contributed by atoms with Gasteiger partial charge in [-0.2, -0.15) is 0 Å². The fraction of sp³-hybridized carbons (Fsp3) is 0.120. The first-order valence-corrected chi connectivity index (χ1v) is 14.2. The molecule has 5 aromatic rings. The molecule has 188 valence electrons. The van der Waals surface area contributed by atoms with Crippen LogP contribution in [0.5, 0.6) is 5.88 Å². The number of methoxy groups -OCH3 is 1. The van der Waals surface area contributed by atoms with Crippen LogP contribution in [0.15, 0.2) is 66.0 Å². The Labute approximate surface area is 221 Å². The number of thiophene rings is 2. The number of amides is 1. The number of sulfonamides is 1. The quantitative estimate of drug-likeness (QED) is 0.251. The molecule has 9 nitrogen and oxygen atoms in total. The highest BCUT2D eigenvalue weighted by Gasteiger charge is 2.21. The van der Waals surface area contributed by atoms with Gasteiger partial charge in [0.1, 0.15) is 17.7 Å². The van der Waals surface area contributed by atoms with Gasteiger partial charge in [0.25, 0.3) is 10.0 Å². The molecular weight excluding hydrogens is 531 g/mol. The molecule has 0 aliphatic heterocycles. The molecule has 1 amide bonds. The molecule has 0 aliphatic carbocycles. The normalized spacial score (nSPS) is 11.4. The number of rotatable bonds is 9. The van der Waals surface area contributed by atoms with Gasteiger partial charge in [0.15, 0.2) is 0 Å². The van der Waals surface area contributed by atoms with E-state index in [1.54, 1.807) is 41.8 Å². The molecule has 0 fully saturated rings. The van der Waals surface area contributed by atoms with E-state index >= 15 is 0 Å². The second kappa shape index (κ2) is 10.2. The number of hydrogen-bond donors (Lipinski definition) is 2. The molecule has 0 radical (unpaired) electrons. The van der Waals surface area contributed by atoms with Crippen LogP contribution in [0.2, 0.25) is 0 Å². The third-order valence-electron chi connectivity index (χ3n) is 5.56. The van der Waals surface area contributed by atoms with Crippen molar-refractivity contribution in [3.8, 4) is 26.9 Å². The molecule has 0 spiro atoms. The molecule has 12 heteroatoms. The van der Waals surface area contributed by atoms with Crippen LogP contribution in [-0.4, -0.2) is 36.9 Å². The molecule has 0 atom stereocenters. The summed E-state index contributed by atoms with van der Waals surface area (Å²) < 4.78 is 34.8. The average molecular weight is 552 g/mol. The first kappa shape index (κ1) is 24.8. The van der Waals surface area contributed by atoms with E-state index in [4.69, 9.17) is 4.74 Å². The molecule has 0 bridgehead atoms. The second-order valence-corrected chi connectivity index (χ2v) is 11.8. The molecule has 5 rings (SSSR count). The minimum Gasteiger partial charge on any atom is -0.480 e. The number of nitrogens with one attached hydrogen (secondary N) is 2. The van der Waals surface area contributed by atoms with E-state index in [1.807, 2.05) is 19.1 Å². The smallest absolute Gasteiger partial charge is 0.262 e. The number of aromatic nitrogens is 3. The Bertz CT molecular complexity index is 1700. The number of hydrogen-bond acceptors (Lipinski definition) is 9. The Hall–Kier alpha value is -3.87. The lowest BCUT2D eigenvalue weighted by Gasteiger charge is -2.12. The van der Waals surface area contributed by atoms with Gasteiger partial charge in [-0.05, 0) is 42.8 Å². The number of ether oxygens (including phenoxy) is 1. The summed E-state index contributed by atoms with van der Waals surface area (Å²) in [5, 5.41) is 2.68. The van der Waals surface area contributed by atoms with Gasteiger partial charge in [-0.1, -0.05) is 18.2 Å². The standard InChI is InChI=1S/C25H21N5O4S3/c1-15-21-24(22(29-13-28-21)20-9-8-17(35-20)12-26-14-31)36-23(15)16-10-19(25(34-2)27-11-16)30-37(32,33)18-6-4-3-5-7-18/h3-11,13-14,30H,12H2,1-2H3,(H,26,31). The van der Waals surface area contributed by atoms with Crippen LogP contribution in [0.25, 0.3) is 31.2 Å². The summed E-state index contributed by atoms with van der Waals surface area (Å²) in [5.41, 5.74) is 3.51. The van der Waals surface area contributed by atoms with E-state index in [2.05, 4.69) is 25.0 Å². The fourth-order valence-electron chi connectivity index (χ4n) is 3.83. The van der Waals surface area contributed by atoms with Crippen LogP contribution >= 0.6 is 22.7 Å². The first-order valence-electron chi connectivity index (χ1n) is 11.0. The van der Waals surface area contributed by atoms with E-state index in [-0.39, 0.29) is 16.5 Å². The number of aryl methyl sites for hydroxylation is 1. The van der Waals surface area contributed by atoms with Gasteiger partial charge < -0.3 is 10.1 Å². The zero-order valence-corrected chi connectivity index (χ0v) is 22.2. The van der Waals surface area contributed by atoms with Crippen LogP contribution in [0.1, 0.15) is 10.4 Å². The highest BCUT2D eigenvalue weighted by atomic mass is 32.2. The third kappa shape index (κ3) is 4.90. The second-order valence-electron chi connectivity index (χ2n) is 7.92. The average Bonchev–Trinajstić information content (AvgIpc) is 3.52. The summed E-state index contributed by atoms with van der Waals surface area (Å²) in [6, 6.07) is 13.8. The van der Waals surface area contributed by atoms with Crippen LogP contribution in [0.4, 0.5) is 5.69 Å². The van der Waals surface area contributed by atoms with E-state index in [1.165, 1.54) is 36.9 Å². The van der Waals surface area contributed by atoms with Crippen molar-refractivity contribution in [3.05, 3.63) is 71.5 Å². The largest absolute Gasteiger partial charge is 0.480 e. The molecule has 4 heterocycles. The maximum atomic E-state index is 13.0. The lowest BCUT2D eigenvalue weighted by Crippen LogP contribution is -2.14. The van der Waals surface area contributed by atoms with E-state index < -0.39 is 10.0 Å². The molecule has 0 aliphatic rings. The Balaban J connectivity index is 1.56. The van der Waals surface area contributed by atoms with Crippen molar-refractivity contribution in [3.63, 3.8) is 0 Å². The number of fused-ring (bicyclic) bond motifs is 1. The van der Waals surface area contributed by atoms with Crippen molar-refractivity contribution in [2.24, 2.45) is 0 Å². The summed E-state index contributed by atoms with van der Waals surface area (Å²) >= 11 is 3.07. The van der Waals surface area contributed by atoms with Crippen molar-refractivity contribution in [2.45, 2.75) is 18.4 Å². The summed E-state index contributed by atoms with van der Waals surface area (Å²) in [7, 11) is -2.40. The van der Waals surface area contributed by atoms with E-state index in [0.29, 0.717) is 13.0 Å². The topological polar surface area (TPSA) is 123 Å². The zero-order valence-electron chi connectivity index (χ0n) is 19.8. The predicted octanol–water partition coefficient (Wildman–Crippen LogP) is 4.85. The number of anilines is 1. The predicted molar refractivity (Wildman–Crippen MR) is 145 cm³/mol. The molecular formula is C25H21N5O4S3. The third-order valence-corrected chi connectivity index (χ3v) is 9.37. The number of carbonyl (C=O) groups excluding carboxylic acids is 1. The Morgan fingerprint density at radius 1 is 1.05 bits per heavy atom. The minimum atomic E-state index is -3.84. The van der Waals surface area contributed by atoms with Gasteiger partial charge in [0.2, 0.25) is 12.3 Å². The highest BCUT2D eigenvalue weighted by Crippen LogP contribution is 2.43. The maximum Gasteiger partial charge on any atom is 0.262 e. The van der Waals surface area contributed by atoms with Crippen LogP contribution < -0.4 is 14.8 Å². The molecule has 0 unspecified atom stereocenters. The van der Waals surface area contributed by atoms with Crippen LogP contribution in [0.3, 0.4) is 0 Å². The monoisotopic (exact) mass is 551 g/mol. The number of nitrogens with zero attached hydrogens (tertiary/aromatic N) is 3. The van der Waals surface area contributed by atoms with Crippen molar-refractivity contribution in [2.75, 3.05) is 11.8 Å². The summed E-state index contributed by atoms with van der Waals surface area (Å²) in [6.45, 7) is 2.42. The Kier molecular flexibility index (Phi) is 6.87. The SMILES string of the molecule is COc1ncc(-c2sc3c(-c4ccc(CNC=O)s4)ncnc3c2C)cc1NS(=O)(=O)c1ccccc1.